The van der Waals surface area contributed by atoms with Crippen molar-refractivity contribution >= 4 is 44.4 Å². The number of methoxy groups -OCH3 is 1. The van der Waals surface area contributed by atoms with Crippen LogP contribution < -0.4 is 25.2 Å². The summed E-state index contributed by atoms with van der Waals surface area (Å²) >= 11 is 0. The fourth-order valence-electron chi connectivity index (χ4n) is 4.40. The minimum atomic E-state index is -3.50. The van der Waals surface area contributed by atoms with Gasteiger partial charge in [-0.2, -0.15) is 4.98 Å². The SMILES string of the molecule is CN(C)CCNc1nccc(Oc2cccc3cc(C(=O)O)n(C)c23)n1.COc1c(NS(C)(=O)=O)cc(C(C)(C)C)cc1C(N)=O. The maximum absolute atomic E-state index is 11.5. The number of aromatic carboxylic acids is 1. The molecule has 248 valence electrons. The molecular formula is C31H41N7O7S. The summed E-state index contributed by atoms with van der Waals surface area (Å²) in [5, 5.41) is 13.2. The Hall–Kier alpha value is -4.89. The zero-order chi connectivity index (χ0) is 34.4. The third-order valence-corrected chi connectivity index (χ3v) is 7.24. The van der Waals surface area contributed by atoms with Gasteiger partial charge in [-0.15, -0.1) is 0 Å². The Morgan fingerprint density at radius 3 is 2.39 bits per heavy atom. The number of nitrogens with one attached hydrogen (secondary N) is 2. The number of ether oxygens (including phenoxy) is 2. The molecular weight excluding hydrogens is 614 g/mol. The summed E-state index contributed by atoms with van der Waals surface area (Å²) in [4.78, 5) is 33.5. The number of hydrogen-bond acceptors (Lipinski definition) is 10. The predicted octanol–water partition coefficient (Wildman–Crippen LogP) is 3.90. The lowest BCUT2D eigenvalue weighted by Gasteiger charge is -2.23. The fourth-order valence-corrected chi connectivity index (χ4v) is 4.95. The number of para-hydroxylation sites is 1. The quantitative estimate of drug-likeness (QED) is 0.183. The van der Waals surface area contributed by atoms with Crippen LogP contribution in [0.15, 0.2) is 48.7 Å². The minimum Gasteiger partial charge on any atom is -0.494 e. The van der Waals surface area contributed by atoms with Crippen LogP contribution in [-0.4, -0.2) is 85.4 Å². The number of rotatable bonds is 11. The number of nitrogens with zero attached hydrogens (tertiary/aromatic N) is 4. The topological polar surface area (TPSA) is 191 Å². The molecule has 4 rings (SSSR count). The van der Waals surface area contributed by atoms with Gasteiger partial charge >= 0.3 is 5.97 Å². The summed E-state index contributed by atoms with van der Waals surface area (Å²) < 4.78 is 37.8. The molecule has 0 aliphatic heterocycles. The number of aryl methyl sites for hydroxylation is 1. The number of hydrogen-bond donors (Lipinski definition) is 4. The van der Waals surface area contributed by atoms with Gasteiger partial charge in [0.05, 0.1) is 30.1 Å². The van der Waals surface area contributed by atoms with Gasteiger partial charge in [-0.05, 0) is 49.3 Å². The zero-order valence-corrected chi connectivity index (χ0v) is 28.0. The second-order valence-corrected chi connectivity index (χ2v) is 13.5. The molecule has 2 aromatic carbocycles. The molecule has 0 atom stereocenters. The Bertz CT molecular complexity index is 1830. The van der Waals surface area contributed by atoms with Crippen LogP contribution in [0.25, 0.3) is 10.9 Å². The lowest BCUT2D eigenvalue weighted by Crippen LogP contribution is -2.21. The van der Waals surface area contributed by atoms with E-state index in [1.165, 1.54) is 7.11 Å². The second kappa shape index (κ2) is 14.5. The van der Waals surface area contributed by atoms with Gasteiger partial charge in [0.25, 0.3) is 5.91 Å². The monoisotopic (exact) mass is 655 g/mol. The molecule has 0 spiro atoms. The van der Waals surface area contributed by atoms with Crippen LogP contribution in [0.4, 0.5) is 11.6 Å². The molecule has 46 heavy (non-hydrogen) atoms. The summed E-state index contributed by atoms with van der Waals surface area (Å²) in [6.45, 7) is 7.41. The molecule has 15 heteroatoms. The average molecular weight is 656 g/mol. The van der Waals surface area contributed by atoms with E-state index in [1.54, 1.807) is 48.1 Å². The first-order valence-corrected chi connectivity index (χ1v) is 16.0. The average Bonchev–Trinajstić information content (AvgIpc) is 3.29. The highest BCUT2D eigenvalue weighted by molar-refractivity contribution is 7.92. The van der Waals surface area contributed by atoms with E-state index in [0.717, 1.165) is 23.8 Å². The summed E-state index contributed by atoms with van der Waals surface area (Å²) in [6, 6.07) is 12.0. The number of carboxylic acid groups (broad SMARTS) is 1. The van der Waals surface area contributed by atoms with E-state index in [0.29, 0.717) is 29.6 Å². The Morgan fingerprint density at radius 2 is 1.83 bits per heavy atom. The number of carboxylic acids is 1. The van der Waals surface area contributed by atoms with Crippen molar-refractivity contribution in [2.45, 2.75) is 26.2 Å². The van der Waals surface area contributed by atoms with E-state index in [2.05, 4.69) is 24.9 Å². The van der Waals surface area contributed by atoms with E-state index >= 15 is 0 Å². The molecule has 2 heterocycles. The van der Waals surface area contributed by atoms with Gasteiger partial charge in [0, 0.05) is 37.8 Å². The highest BCUT2D eigenvalue weighted by atomic mass is 32.2. The number of fused-ring (bicyclic) bond motifs is 1. The van der Waals surface area contributed by atoms with Gasteiger partial charge in [-0.1, -0.05) is 32.9 Å². The molecule has 0 bridgehead atoms. The number of carbonyl (C=O) groups excluding carboxylic acids is 1. The van der Waals surface area contributed by atoms with Crippen molar-refractivity contribution in [3.8, 4) is 17.4 Å². The van der Waals surface area contributed by atoms with Crippen molar-refractivity contribution < 1.29 is 32.6 Å². The first-order chi connectivity index (χ1) is 21.4. The molecule has 0 radical (unpaired) electrons. The van der Waals surface area contributed by atoms with Gasteiger partial charge in [0.15, 0.2) is 11.5 Å². The van der Waals surface area contributed by atoms with Crippen molar-refractivity contribution in [1.82, 2.24) is 19.4 Å². The molecule has 0 aliphatic rings. The molecule has 0 saturated heterocycles. The van der Waals surface area contributed by atoms with Gasteiger partial charge < -0.3 is 35.1 Å². The number of anilines is 2. The standard InChI is InChI=1S/C18H21N5O3.C13H20N2O4S/c1-22(2)10-9-20-18-19-8-7-15(21-18)26-14-6-4-5-12-11-13(17(24)25)23(3)16(12)14;1-13(2,3)8-6-9(12(14)16)11(19-4)10(7-8)15-20(5,17)18/h4-8,11H,9-10H2,1-3H3,(H,24,25)(H,19,20,21);6-7,15H,1-5H3,(H2,14,16). The van der Waals surface area contributed by atoms with E-state index in [1.807, 2.05) is 47.0 Å². The van der Waals surface area contributed by atoms with Crippen molar-refractivity contribution in [2.24, 2.45) is 12.8 Å². The number of primary amides is 1. The Labute approximate surface area is 268 Å². The highest BCUT2D eigenvalue weighted by Gasteiger charge is 2.23. The van der Waals surface area contributed by atoms with Crippen LogP contribution in [0.1, 0.15) is 47.2 Å². The van der Waals surface area contributed by atoms with Crippen LogP contribution in [0.2, 0.25) is 0 Å². The smallest absolute Gasteiger partial charge is 0.352 e. The maximum atomic E-state index is 11.5. The Balaban J connectivity index is 0.000000260. The third-order valence-electron chi connectivity index (χ3n) is 6.64. The number of sulfonamides is 1. The third kappa shape index (κ3) is 9.31. The molecule has 0 saturated carbocycles. The Kier molecular flexibility index (Phi) is 11.2. The Morgan fingerprint density at radius 1 is 1.13 bits per heavy atom. The van der Waals surface area contributed by atoms with Crippen molar-refractivity contribution in [3.63, 3.8) is 0 Å². The lowest BCUT2D eigenvalue weighted by molar-refractivity contribution is 0.0686. The van der Waals surface area contributed by atoms with E-state index < -0.39 is 21.9 Å². The summed E-state index contributed by atoms with van der Waals surface area (Å²) in [6.07, 6.45) is 2.65. The van der Waals surface area contributed by atoms with Crippen LogP contribution in [0, 0.1) is 0 Å². The molecule has 0 unspecified atom stereocenters. The number of carbonyl (C=O) groups is 2. The molecule has 0 aliphatic carbocycles. The molecule has 0 fully saturated rings. The summed E-state index contributed by atoms with van der Waals surface area (Å²) in [5.74, 6) is -0.132. The fraction of sp³-hybridized carbons (Fsp3) is 0.355. The van der Waals surface area contributed by atoms with E-state index in [9.17, 15) is 23.1 Å². The number of benzene rings is 2. The number of aromatic nitrogens is 3. The van der Waals surface area contributed by atoms with Crippen LogP contribution in [-0.2, 0) is 22.5 Å². The maximum Gasteiger partial charge on any atom is 0.352 e. The van der Waals surface area contributed by atoms with Crippen molar-refractivity contribution in [2.75, 3.05) is 50.6 Å². The highest BCUT2D eigenvalue weighted by Crippen LogP contribution is 2.36. The van der Waals surface area contributed by atoms with E-state index in [4.69, 9.17) is 15.2 Å². The lowest BCUT2D eigenvalue weighted by atomic mass is 9.85. The molecule has 2 aromatic heterocycles. The zero-order valence-electron chi connectivity index (χ0n) is 27.2. The van der Waals surface area contributed by atoms with Crippen molar-refractivity contribution in [1.29, 1.82) is 0 Å². The van der Waals surface area contributed by atoms with Crippen LogP contribution >= 0.6 is 0 Å². The van der Waals surface area contributed by atoms with Gasteiger partial charge in [-0.25, -0.2) is 18.2 Å². The largest absolute Gasteiger partial charge is 0.494 e. The molecule has 14 nitrogen and oxygen atoms in total. The van der Waals surface area contributed by atoms with Gasteiger partial charge in [0.1, 0.15) is 5.69 Å². The number of amides is 1. The first kappa shape index (κ1) is 35.6. The van der Waals surface area contributed by atoms with Crippen LogP contribution in [0.5, 0.6) is 17.4 Å². The van der Waals surface area contributed by atoms with Gasteiger partial charge in [0.2, 0.25) is 21.9 Å². The predicted molar refractivity (Wildman–Crippen MR) is 178 cm³/mol. The van der Waals surface area contributed by atoms with Crippen molar-refractivity contribution in [3.05, 3.63) is 65.5 Å². The number of likely N-dealkylation sites (N-methyl/N-ethyl adjacent to an activating group) is 1. The normalized spacial score (nSPS) is 11.5. The van der Waals surface area contributed by atoms with E-state index in [-0.39, 0.29) is 28.1 Å². The minimum absolute atomic E-state index is 0.121. The second-order valence-electron chi connectivity index (χ2n) is 11.7. The van der Waals surface area contributed by atoms with Gasteiger partial charge in [-0.3, -0.25) is 9.52 Å². The summed E-state index contributed by atoms with van der Waals surface area (Å²) in [7, 11) is 3.55. The molecule has 5 N–H and O–H groups in total. The summed E-state index contributed by atoms with van der Waals surface area (Å²) in [5.41, 5.74) is 7.09. The molecule has 4 aromatic rings. The molecule has 1 amide bonds. The van der Waals surface area contributed by atoms with Crippen LogP contribution in [0.3, 0.4) is 0 Å². The number of nitrogens with two attached hydrogens (primary N) is 1. The first-order valence-electron chi connectivity index (χ1n) is 14.1.